The van der Waals surface area contributed by atoms with E-state index in [1.807, 2.05) is 41.8 Å². The molecule has 0 atom stereocenters. The van der Waals surface area contributed by atoms with Gasteiger partial charge in [0.1, 0.15) is 12.4 Å². The number of carbonyl (C=O) groups is 1. The Labute approximate surface area is 207 Å². The number of benzene rings is 2. The molecule has 0 aliphatic rings. The smallest absolute Gasteiger partial charge is 0.234 e. The summed E-state index contributed by atoms with van der Waals surface area (Å²) in [6.45, 7) is 11.0. The van der Waals surface area contributed by atoms with E-state index in [0.717, 1.165) is 26.1 Å². The third kappa shape index (κ3) is 6.59. The zero-order valence-electron chi connectivity index (χ0n) is 18.5. The monoisotopic (exact) mass is 562 g/mol. The maximum absolute atomic E-state index is 12.4. The summed E-state index contributed by atoms with van der Waals surface area (Å²) in [7, 11) is 0. The zero-order valence-corrected chi connectivity index (χ0v) is 21.4. The summed E-state index contributed by atoms with van der Waals surface area (Å²) in [5.41, 5.74) is 3.08. The van der Waals surface area contributed by atoms with E-state index in [1.54, 1.807) is 6.08 Å². The second kappa shape index (κ2) is 11.5. The summed E-state index contributed by atoms with van der Waals surface area (Å²) in [6, 6.07) is 13.9. The van der Waals surface area contributed by atoms with Crippen molar-refractivity contribution in [3.63, 3.8) is 0 Å². The molecule has 0 saturated heterocycles. The number of carbonyl (C=O) groups excluding carboxylic acids is 1. The lowest BCUT2D eigenvalue weighted by Gasteiger charge is -2.15. The van der Waals surface area contributed by atoms with Gasteiger partial charge < -0.3 is 10.1 Å². The summed E-state index contributed by atoms with van der Waals surface area (Å²) in [4.78, 5) is 12.4. The Bertz CT molecular complexity index is 1080. The number of halogens is 1. The fourth-order valence-corrected chi connectivity index (χ4v) is 4.22. The number of aryl methyl sites for hydroxylation is 1. The van der Waals surface area contributed by atoms with Crippen molar-refractivity contribution in [3.05, 3.63) is 75.6 Å². The molecule has 3 rings (SSSR count). The molecule has 1 aromatic heterocycles. The van der Waals surface area contributed by atoms with Crippen LogP contribution < -0.4 is 10.1 Å². The highest BCUT2D eigenvalue weighted by Gasteiger charge is 2.16. The SMILES string of the molecule is C=CCn1c(COc2cc(C)ccc2C(C)C)nnc1SCC(=O)Nc1ccc(I)cc1. The van der Waals surface area contributed by atoms with Crippen molar-refractivity contribution in [1.29, 1.82) is 0 Å². The van der Waals surface area contributed by atoms with Crippen LogP contribution in [0, 0.1) is 10.5 Å². The molecule has 6 nitrogen and oxygen atoms in total. The van der Waals surface area contributed by atoms with Gasteiger partial charge in [0.15, 0.2) is 11.0 Å². The van der Waals surface area contributed by atoms with Gasteiger partial charge in [0.05, 0.1) is 5.75 Å². The number of nitrogens with zero attached hydrogens (tertiary/aromatic N) is 3. The molecule has 0 fully saturated rings. The van der Waals surface area contributed by atoms with Crippen molar-refractivity contribution >= 4 is 45.9 Å². The van der Waals surface area contributed by atoms with Crippen molar-refractivity contribution < 1.29 is 9.53 Å². The predicted molar refractivity (Wildman–Crippen MR) is 138 cm³/mol. The Morgan fingerprint density at radius 1 is 1.25 bits per heavy atom. The third-order valence-corrected chi connectivity index (χ3v) is 6.40. The molecule has 0 aliphatic carbocycles. The molecule has 1 heterocycles. The molecule has 1 amide bonds. The zero-order chi connectivity index (χ0) is 23.1. The fraction of sp³-hybridized carbons (Fsp3) is 0.292. The number of aromatic nitrogens is 3. The molecule has 0 spiro atoms. The van der Waals surface area contributed by atoms with Crippen LogP contribution in [0.3, 0.4) is 0 Å². The van der Waals surface area contributed by atoms with Crippen LogP contribution in [0.4, 0.5) is 5.69 Å². The summed E-state index contributed by atoms with van der Waals surface area (Å²) >= 11 is 3.57. The van der Waals surface area contributed by atoms with Crippen molar-refractivity contribution in [2.75, 3.05) is 11.1 Å². The number of allylic oxidation sites excluding steroid dienone is 1. The van der Waals surface area contributed by atoms with E-state index >= 15 is 0 Å². The second-order valence-electron chi connectivity index (χ2n) is 7.63. The number of hydrogen-bond acceptors (Lipinski definition) is 5. The van der Waals surface area contributed by atoms with E-state index in [2.05, 4.69) is 70.7 Å². The van der Waals surface area contributed by atoms with E-state index in [0.29, 0.717) is 30.1 Å². The Kier molecular flexibility index (Phi) is 8.75. The summed E-state index contributed by atoms with van der Waals surface area (Å²) in [5, 5.41) is 12.1. The van der Waals surface area contributed by atoms with Crippen molar-refractivity contribution in [3.8, 4) is 5.75 Å². The van der Waals surface area contributed by atoms with Gasteiger partial charge in [0, 0.05) is 15.8 Å². The summed E-state index contributed by atoms with van der Waals surface area (Å²) < 4.78 is 9.18. The maximum Gasteiger partial charge on any atom is 0.234 e. The van der Waals surface area contributed by atoms with Gasteiger partial charge in [-0.25, -0.2) is 0 Å². The molecule has 3 aromatic rings. The molecule has 0 aliphatic heterocycles. The van der Waals surface area contributed by atoms with E-state index in [1.165, 1.54) is 11.8 Å². The molecule has 0 unspecified atom stereocenters. The van der Waals surface area contributed by atoms with E-state index in [9.17, 15) is 4.79 Å². The van der Waals surface area contributed by atoms with Crippen LogP contribution in [0.5, 0.6) is 5.75 Å². The van der Waals surface area contributed by atoms with Crippen LogP contribution in [0.25, 0.3) is 0 Å². The van der Waals surface area contributed by atoms with Crippen molar-refractivity contribution in [2.45, 2.75) is 45.0 Å². The topological polar surface area (TPSA) is 69.0 Å². The summed E-state index contributed by atoms with van der Waals surface area (Å²) in [6.07, 6.45) is 1.79. The number of rotatable bonds is 10. The number of hydrogen-bond donors (Lipinski definition) is 1. The number of nitrogens with one attached hydrogen (secondary N) is 1. The largest absolute Gasteiger partial charge is 0.485 e. The molecule has 2 aromatic carbocycles. The Morgan fingerprint density at radius 3 is 2.69 bits per heavy atom. The lowest BCUT2D eigenvalue weighted by atomic mass is 10.0. The van der Waals surface area contributed by atoms with E-state index < -0.39 is 0 Å². The Balaban J connectivity index is 1.66. The third-order valence-electron chi connectivity index (χ3n) is 4.71. The van der Waals surface area contributed by atoms with Gasteiger partial charge in [-0.15, -0.1) is 16.8 Å². The number of anilines is 1. The standard InChI is InChI=1S/C24H27IN4O2S/c1-5-12-29-22(14-31-21-13-17(4)6-11-20(21)16(2)3)27-28-24(29)32-15-23(30)26-19-9-7-18(25)8-10-19/h5-11,13,16H,1,12,14-15H2,2-4H3,(H,26,30). The molecule has 0 radical (unpaired) electrons. The predicted octanol–water partition coefficient (Wildman–Crippen LogP) is 5.81. The van der Waals surface area contributed by atoms with Gasteiger partial charge in [-0.2, -0.15) is 0 Å². The number of thioether (sulfide) groups is 1. The Hall–Kier alpha value is -2.33. The molecule has 32 heavy (non-hydrogen) atoms. The van der Waals surface area contributed by atoms with Gasteiger partial charge in [-0.3, -0.25) is 9.36 Å². The van der Waals surface area contributed by atoms with Gasteiger partial charge in [0.25, 0.3) is 0 Å². The Morgan fingerprint density at radius 2 is 2.00 bits per heavy atom. The van der Waals surface area contributed by atoms with E-state index in [-0.39, 0.29) is 11.7 Å². The van der Waals surface area contributed by atoms with Crippen molar-refractivity contribution in [1.82, 2.24) is 14.8 Å². The quantitative estimate of drug-likeness (QED) is 0.192. The molecule has 0 bridgehead atoms. The molecule has 8 heteroatoms. The molecular formula is C24H27IN4O2S. The number of amides is 1. The first kappa shape index (κ1) is 24.3. The van der Waals surface area contributed by atoms with Crippen LogP contribution in [-0.4, -0.2) is 26.4 Å². The second-order valence-corrected chi connectivity index (χ2v) is 9.81. The minimum absolute atomic E-state index is 0.0940. The van der Waals surface area contributed by atoms with Crippen LogP contribution in [0.15, 0.2) is 60.3 Å². The highest BCUT2D eigenvalue weighted by Crippen LogP contribution is 2.28. The van der Waals surface area contributed by atoms with Crippen LogP contribution >= 0.6 is 34.4 Å². The molecule has 168 valence electrons. The first-order valence-electron chi connectivity index (χ1n) is 10.3. The van der Waals surface area contributed by atoms with Crippen molar-refractivity contribution in [2.24, 2.45) is 0 Å². The van der Waals surface area contributed by atoms with Crippen LogP contribution in [-0.2, 0) is 17.9 Å². The highest BCUT2D eigenvalue weighted by molar-refractivity contribution is 14.1. The normalized spacial score (nSPS) is 10.9. The molecular weight excluding hydrogens is 535 g/mol. The fourth-order valence-electron chi connectivity index (χ4n) is 3.09. The maximum atomic E-state index is 12.4. The minimum Gasteiger partial charge on any atom is -0.485 e. The lowest BCUT2D eigenvalue weighted by Crippen LogP contribution is -2.15. The van der Waals surface area contributed by atoms with Crippen LogP contribution in [0.1, 0.15) is 36.7 Å². The van der Waals surface area contributed by atoms with Gasteiger partial charge in [-0.05, 0) is 76.9 Å². The van der Waals surface area contributed by atoms with Crippen LogP contribution in [0.2, 0.25) is 0 Å². The average molecular weight is 562 g/mol. The van der Waals surface area contributed by atoms with Gasteiger partial charge in [0.2, 0.25) is 5.91 Å². The lowest BCUT2D eigenvalue weighted by molar-refractivity contribution is -0.113. The first-order valence-corrected chi connectivity index (χ1v) is 12.4. The first-order chi connectivity index (χ1) is 15.4. The average Bonchev–Trinajstić information content (AvgIpc) is 3.14. The van der Waals surface area contributed by atoms with Gasteiger partial charge >= 0.3 is 0 Å². The molecule has 1 N–H and O–H groups in total. The molecule has 0 saturated carbocycles. The highest BCUT2D eigenvalue weighted by atomic mass is 127. The minimum atomic E-state index is -0.0940. The number of ether oxygens (including phenoxy) is 1. The van der Waals surface area contributed by atoms with E-state index in [4.69, 9.17) is 4.74 Å². The summed E-state index contributed by atoms with van der Waals surface area (Å²) in [5.74, 6) is 2.05. The van der Waals surface area contributed by atoms with Gasteiger partial charge in [-0.1, -0.05) is 43.8 Å².